The van der Waals surface area contributed by atoms with Crippen molar-refractivity contribution >= 4 is 47.1 Å². The van der Waals surface area contributed by atoms with Crippen molar-refractivity contribution in [3.8, 4) is 0 Å². The molecule has 1 N–H and O–H groups in total. The van der Waals surface area contributed by atoms with Crippen LogP contribution >= 0.6 is 0 Å². The Morgan fingerprint density at radius 1 is 0.697 bits per heavy atom. The molecule has 6 heteroatoms. The Balaban J connectivity index is 1.55. The van der Waals surface area contributed by atoms with Crippen LogP contribution in [0.15, 0.2) is 78.9 Å². The van der Waals surface area contributed by atoms with Gasteiger partial charge in [-0.15, -0.1) is 0 Å². The summed E-state index contributed by atoms with van der Waals surface area (Å²) < 4.78 is 17.9. The largest absolute Gasteiger partial charge is 0.537 e. The molecule has 0 saturated heterocycles. The first-order valence-corrected chi connectivity index (χ1v) is 13.1. The van der Waals surface area contributed by atoms with E-state index in [-0.39, 0.29) is 5.91 Å². The number of amides is 1. The molecule has 0 aliphatic carbocycles. The fraction of sp³-hybridized carbons (Fsp3) is 0.222. The van der Waals surface area contributed by atoms with Crippen molar-refractivity contribution < 1.29 is 18.1 Å². The highest BCUT2D eigenvalue weighted by molar-refractivity contribution is 6.75. The van der Waals surface area contributed by atoms with Crippen LogP contribution in [-0.4, -0.2) is 34.5 Å². The van der Waals surface area contributed by atoms with Crippen molar-refractivity contribution in [2.24, 2.45) is 0 Å². The Bertz CT molecular complexity index is 1240. The number of carbonyl (C=O) groups is 1. The van der Waals surface area contributed by atoms with Gasteiger partial charge >= 0.3 is 8.80 Å². The van der Waals surface area contributed by atoms with Gasteiger partial charge in [-0.2, -0.15) is 0 Å². The summed E-state index contributed by atoms with van der Waals surface area (Å²) in [6, 6.07) is 25.8. The van der Waals surface area contributed by atoms with Crippen molar-refractivity contribution in [1.82, 2.24) is 0 Å². The van der Waals surface area contributed by atoms with Crippen molar-refractivity contribution in [3.05, 3.63) is 84.4 Å². The summed E-state index contributed by atoms with van der Waals surface area (Å²) in [6.07, 6.45) is 0. The molecule has 0 spiro atoms. The van der Waals surface area contributed by atoms with Crippen LogP contribution in [0.25, 0.3) is 21.5 Å². The molecule has 0 aromatic heterocycles. The number of hydrogen-bond donors (Lipinski definition) is 1. The van der Waals surface area contributed by atoms with Crippen molar-refractivity contribution in [1.29, 1.82) is 0 Å². The first kappa shape index (κ1) is 23.1. The maximum absolute atomic E-state index is 12.9. The van der Waals surface area contributed by atoms with Crippen molar-refractivity contribution in [2.75, 3.05) is 25.1 Å². The molecule has 170 valence electrons. The lowest BCUT2D eigenvalue weighted by molar-refractivity contribution is 0.0859. The molecule has 4 aromatic rings. The highest BCUT2D eigenvalue weighted by Gasteiger charge is 2.43. The quantitative estimate of drug-likeness (QED) is 0.265. The number of carbonyl (C=O) groups excluding carboxylic acids is 1. The second-order valence-electron chi connectivity index (χ2n) is 7.65. The van der Waals surface area contributed by atoms with Crippen LogP contribution in [-0.2, 0) is 13.3 Å². The Hall–Kier alpha value is -3.03. The van der Waals surface area contributed by atoms with Crippen molar-refractivity contribution in [3.63, 3.8) is 0 Å². The Morgan fingerprint density at radius 3 is 1.82 bits per heavy atom. The lowest BCUT2D eigenvalue weighted by Gasteiger charge is -2.28. The number of hydrogen-bond acceptors (Lipinski definition) is 4. The van der Waals surface area contributed by atoms with Gasteiger partial charge in [0.25, 0.3) is 5.91 Å². The van der Waals surface area contributed by atoms with E-state index in [1.807, 2.05) is 75.4 Å². The first-order valence-electron chi connectivity index (χ1n) is 11.3. The number of benzene rings is 4. The Kier molecular flexibility index (Phi) is 7.20. The predicted molar refractivity (Wildman–Crippen MR) is 136 cm³/mol. The van der Waals surface area contributed by atoms with Gasteiger partial charge in [-0.1, -0.05) is 42.5 Å². The topological polar surface area (TPSA) is 56.8 Å². The second-order valence-corrected chi connectivity index (χ2v) is 10.2. The summed E-state index contributed by atoms with van der Waals surface area (Å²) in [4.78, 5) is 12.9. The zero-order chi connectivity index (χ0) is 23.3. The second kappa shape index (κ2) is 10.3. The van der Waals surface area contributed by atoms with Gasteiger partial charge in [-0.3, -0.25) is 4.79 Å². The third-order valence-corrected chi connectivity index (χ3v) is 8.51. The van der Waals surface area contributed by atoms with Gasteiger partial charge in [0.05, 0.1) is 0 Å². The van der Waals surface area contributed by atoms with Gasteiger partial charge in [-0.05, 0) is 78.7 Å². The summed E-state index contributed by atoms with van der Waals surface area (Å²) in [5.74, 6) is -0.152. The molecule has 0 fully saturated rings. The lowest BCUT2D eigenvalue weighted by atomic mass is 10.0. The minimum atomic E-state index is -2.96. The standard InChI is InChI=1S/C27H29NO4Si/c1-4-30-33(31-5-2,32-6-3)26-15-13-25(14-16-26)28-27(29)23-12-11-22-17-20-9-7-8-10-21(20)18-24(22)19-23/h7-19H,4-6H2,1-3H3,(H,28,29). The summed E-state index contributed by atoms with van der Waals surface area (Å²) in [6.45, 7) is 7.30. The molecule has 0 aliphatic rings. The third-order valence-electron chi connectivity index (χ3n) is 5.47. The zero-order valence-corrected chi connectivity index (χ0v) is 20.3. The Labute approximate surface area is 195 Å². The average Bonchev–Trinajstić information content (AvgIpc) is 2.83. The maximum atomic E-state index is 12.9. The summed E-state index contributed by atoms with van der Waals surface area (Å²) in [7, 11) is -2.96. The van der Waals surface area contributed by atoms with E-state index in [0.29, 0.717) is 31.1 Å². The van der Waals surface area contributed by atoms with E-state index in [4.69, 9.17) is 13.3 Å². The molecular weight excluding hydrogens is 430 g/mol. The van der Waals surface area contributed by atoms with E-state index < -0.39 is 8.80 Å². The minimum Gasteiger partial charge on any atom is -0.370 e. The SMILES string of the molecule is CCO[Si](OCC)(OCC)c1ccc(NC(=O)c2ccc3cc4ccccc4cc3c2)cc1. The molecule has 5 nitrogen and oxygen atoms in total. The molecular formula is C27H29NO4Si. The van der Waals surface area contributed by atoms with Gasteiger partial charge in [0.1, 0.15) is 0 Å². The Morgan fingerprint density at radius 2 is 1.24 bits per heavy atom. The predicted octanol–water partition coefficient (Wildman–Crippen LogP) is 5.50. The van der Waals surface area contributed by atoms with E-state index in [9.17, 15) is 4.79 Å². The van der Waals surface area contributed by atoms with E-state index in [1.54, 1.807) is 0 Å². The van der Waals surface area contributed by atoms with E-state index in [0.717, 1.165) is 21.3 Å². The van der Waals surface area contributed by atoms with Crippen LogP contribution in [0.5, 0.6) is 0 Å². The first-order chi connectivity index (χ1) is 16.1. The fourth-order valence-electron chi connectivity index (χ4n) is 3.99. The lowest BCUT2D eigenvalue weighted by Crippen LogP contribution is -2.56. The molecule has 0 atom stereocenters. The summed E-state index contributed by atoms with van der Waals surface area (Å²) in [5, 5.41) is 8.36. The molecule has 0 saturated carbocycles. The number of rotatable bonds is 9. The van der Waals surface area contributed by atoms with Gasteiger partial charge < -0.3 is 18.6 Å². The van der Waals surface area contributed by atoms with Crippen molar-refractivity contribution in [2.45, 2.75) is 20.8 Å². The molecule has 1 amide bonds. The zero-order valence-electron chi connectivity index (χ0n) is 19.3. The normalized spacial score (nSPS) is 11.7. The molecule has 0 radical (unpaired) electrons. The highest BCUT2D eigenvalue weighted by Crippen LogP contribution is 2.24. The molecule has 0 bridgehead atoms. The third kappa shape index (κ3) is 4.99. The molecule has 4 aromatic carbocycles. The molecule has 33 heavy (non-hydrogen) atoms. The van der Waals surface area contributed by atoms with Crippen LogP contribution in [0, 0.1) is 0 Å². The van der Waals surface area contributed by atoms with Crippen LogP contribution in [0.3, 0.4) is 0 Å². The minimum absolute atomic E-state index is 0.152. The molecule has 0 aliphatic heterocycles. The number of nitrogens with one attached hydrogen (secondary N) is 1. The van der Waals surface area contributed by atoms with Crippen LogP contribution < -0.4 is 10.5 Å². The monoisotopic (exact) mass is 459 g/mol. The van der Waals surface area contributed by atoms with E-state index in [1.165, 1.54) is 5.39 Å². The van der Waals surface area contributed by atoms with Crippen LogP contribution in [0.2, 0.25) is 0 Å². The number of fused-ring (bicyclic) bond motifs is 2. The van der Waals surface area contributed by atoms with Crippen LogP contribution in [0.1, 0.15) is 31.1 Å². The summed E-state index contributed by atoms with van der Waals surface area (Å²) >= 11 is 0. The van der Waals surface area contributed by atoms with E-state index in [2.05, 4.69) is 29.6 Å². The van der Waals surface area contributed by atoms with Gasteiger partial charge in [0, 0.05) is 36.3 Å². The average molecular weight is 460 g/mol. The molecule has 0 heterocycles. The smallest absolute Gasteiger partial charge is 0.370 e. The molecule has 4 rings (SSSR count). The van der Waals surface area contributed by atoms with Gasteiger partial charge in [0.15, 0.2) is 0 Å². The van der Waals surface area contributed by atoms with E-state index >= 15 is 0 Å². The highest BCUT2D eigenvalue weighted by atomic mass is 28.4. The number of anilines is 1. The van der Waals surface area contributed by atoms with Gasteiger partial charge in [-0.25, -0.2) is 0 Å². The maximum Gasteiger partial charge on any atom is 0.537 e. The molecule has 0 unspecified atom stereocenters. The summed E-state index contributed by atoms with van der Waals surface area (Å²) in [5.41, 5.74) is 1.32. The van der Waals surface area contributed by atoms with Crippen LogP contribution in [0.4, 0.5) is 5.69 Å². The fourth-order valence-corrected chi connectivity index (χ4v) is 6.45. The van der Waals surface area contributed by atoms with Gasteiger partial charge in [0.2, 0.25) is 0 Å².